The molecule has 13 aromatic carbocycles. The summed E-state index contributed by atoms with van der Waals surface area (Å²) in [5, 5.41) is 10.5. The van der Waals surface area contributed by atoms with Gasteiger partial charge >= 0.3 is 0 Å². The third kappa shape index (κ3) is 131. The number of fused-ring (bicyclic) bond motifs is 7. The van der Waals surface area contributed by atoms with Crippen LogP contribution in [-0.4, -0.2) is 0 Å². The van der Waals surface area contributed by atoms with Crippen molar-refractivity contribution in [2.24, 2.45) is 37.9 Å². The zero-order valence-electron chi connectivity index (χ0n) is 93.8. The van der Waals surface area contributed by atoms with E-state index >= 15 is 0 Å². The summed E-state index contributed by atoms with van der Waals surface area (Å²) in [5.74, 6) is 0.513. The van der Waals surface area contributed by atoms with Crippen molar-refractivity contribution in [1.82, 2.24) is 0 Å². The van der Waals surface area contributed by atoms with Crippen LogP contribution in [0.1, 0.15) is 241 Å². The van der Waals surface area contributed by atoms with E-state index in [2.05, 4.69) is 426 Å². The molecule has 0 aliphatic heterocycles. The predicted octanol–water partition coefficient (Wildman–Crippen LogP) is 38.9. The van der Waals surface area contributed by atoms with Gasteiger partial charge in [-0.2, -0.15) is 0 Å². The van der Waals surface area contributed by atoms with Crippen LogP contribution in [0.3, 0.4) is 0 Å². The van der Waals surface area contributed by atoms with Crippen LogP contribution in [0.25, 0.3) is 43.1 Å². The molecule has 0 heterocycles. The van der Waals surface area contributed by atoms with Crippen LogP contribution >= 0.6 is 0 Å². The van der Waals surface area contributed by atoms with E-state index in [0.717, 1.165) is 6.42 Å². The molecule has 0 amide bonds. The van der Waals surface area contributed by atoms with Gasteiger partial charge in [0.05, 0.1) is 0 Å². The molecule has 0 saturated carbocycles. The van der Waals surface area contributed by atoms with Crippen LogP contribution in [0, 0.1) is 124 Å². The minimum atomic E-state index is 0. The Morgan fingerprint density at radius 1 is 0.184 bits per heavy atom. The summed E-state index contributed by atoms with van der Waals surface area (Å²) < 4.78 is 0. The Morgan fingerprint density at radius 3 is 0.485 bits per heavy atom. The molecule has 718 valence electrons. The van der Waals surface area contributed by atoms with Crippen LogP contribution in [0.4, 0.5) is 0 Å². The molecule has 1 aliphatic rings. The molecule has 0 N–H and O–H groups in total. The van der Waals surface area contributed by atoms with Crippen molar-refractivity contribution in [3.05, 3.63) is 448 Å². The fourth-order valence-corrected chi connectivity index (χ4v) is 9.42. The maximum Gasteiger partial charge on any atom is 0.0144 e. The van der Waals surface area contributed by atoms with E-state index in [1.165, 1.54) is 70.9 Å². The molecule has 0 aromatic heterocycles. The maximum absolute atomic E-state index is 3.01. The Labute approximate surface area is 1250 Å². The molecule has 0 bridgehead atoms. The van der Waals surface area contributed by atoms with E-state index in [1.807, 2.05) is 121 Å². The molecule has 13 aromatic rings. The standard InChI is InChI=1S/C18H20.C14H10.2C10H8.C10H12.3C6H6.6C5H12.10CH3.16Y/c1-18(2,3)17-15-10-6-4-8-13(15)12-14-9-5-7-11-16(14)17;1-3-7-13-11(5-1)9-10-12-6-2-4-8-14(12)13;2*1-2-6-10-8-4-3-7-9(10)5-1;1-10(2,3)9-7-5-4-6-8-9;3*1-2-4-6-5-3-1;6*1-5(2,3)4;;;;;;;;;;;;;;;;;;;;;;;;;;/h4-11,17H,12H2,1-3H3;1-10H;2*1-8H;4,7-8H,1-3H3;3*1-6H;6*1-4H3;10*1H3;;;;;;;;;;;;;;;;/q;;;;-2;;;;;;;;;;10*-1;;;;;;;;;;;;;;;;. The third-order valence-corrected chi connectivity index (χ3v) is 13.5. The third-order valence-electron chi connectivity index (χ3n) is 13.5. The summed E-state index contributed by atoms with van der Waals surface area (Å²) in [6, 6.07) is 120. The van der Waals surface area contributed by atoms with Gasteiger partial charge in [-0.15, -0.1) is 5.41 Å². The fraction of sp³-hybridized carbons (Fsp3) is 0.333. The van der Waals surface area contributed by atoms with Crippen molar-refractivity contribution < 1.29 is 523 Å². The fourth-order valence-electron chi connectivity index (χ4n) is 9.42. The summed E-state index contributed by atoms with van der Waals surface area (Å²) in [5.41, 5.74) is 10.8. The van der Waals surface area contributed by atoms with Gasteiger partial charge in [0.25, 0.3) is 0 Å². The Balaban J connectivity index is -0.0000000402. The van der Waals surface area contributed by atoms with E-state index in [4.69, 9.17) is 0 Å². The Bertz CT molecular complexity index is 3870. The first kappa shape index (κ1) is 212. The normalized spacial score (nSPS) is 9.13. The summed E-state index contributed by atoms with van der Waals surface area (Å²) in [6.07, 6.45) is 1.08. The monoisotopic (exact) mass is 3040 g/mol. The van der Waals surface area contributed by atoms with Gasteiger partial charge in [0, 0.05) is 529 Å². The second-order valence-corrected chi connectivity index (χ2v) is 39.5. The molecule has 0 unspecified atom stereocenters. The smallest absolute Gasteiger partial charge is 0.0144 e. The summed E-state index contributed by atoms with van der Waals surface area (Å²) in [7, 11) is 0. The molecule has 136 heavy (non-hydrogen) atoms. The first-order valence-corrected chi connectivity index (χ1v) is 39.8. The minimum Gasteiger partial charge on any atom is -0.359 e. The zero-order valence-corrected chi connectivity index (χ0v) is 139. The minimum absolute atomic E-state index is 0. The number of rotatable bonds is 0. The van der Waals surface area contributed by atoms with Gasteiger partial charge in [0.2, 0.25) is 0 Å². The zero-order chi connectivity index (χ0) is 83.1. The first-order chi connectivity index (χ1) is 51.1. The number of benzene rings is 13. The Morgan fingerprint density at radius 2 is 0.331 bits per heavy atom. The van der Waals surface area contributed by atoms with Crippen LogP contribution in [0.2, 0.25) is 0 Å². The average Bonchev–Trinajstić information content (AvgIpc) is 0.757. The molecule has 1 aliphatic carbocycles. The van der Waals surface area contributed by atoms with Crippen LogP contribution in [0.15, 0.2) is 334 Å². The van der Waals surface area contributed by atoms with Crippen molar-refractivity contribution in [2.75, 3.05) is 0 Å². The molecule has 0 nitrogen and oxygen atoms in total. The Hall–Kier alpha value is 8.56. The van der Waals surface area contributed by atoms with Gasteiger partial charge in [-0.05, 0) is 110 Å². The van der Waals surface area contributed by atoms with Crippen molar-refractivity contribution >= 4 is 43.1 Å². The average molecular weight is 3040 g/mol. The number of hydrogen-bond acceptors (Lipinski definition) is 0. The SMILES string of the molecule is CC(C)(C)C.CC(C)(C)C.CC(C)(C)C.CC(C)(C)C.CC(C)(C)C.CC(C)(C)C.CC(C)(C)C1c2ccccc2Cc2ccccc21.CC(C)(C)c1c[c-]c[c-]c1.[CH3-].[CH3-].[CH3-].[CH3-].[CH3-].[CH3-].[CH3-].[CH3-].[CH3-].[CH3-].[Y].[Y].[Y].[Y].[Y].[Y].[Y].[Y].[Y].[Y].[Y].[Y].[Y].[Y].[Y].[Y].c1ccc2c(c1)ccc1ccccc12.c1ccc2ccccc2c1.c1ccc2ccccc2c1.c1ccccc1.c1ccccc1.c1ccccc1. The molecular formula is C120H178Y16-12. The van der Waals surface area contributed by atoms with Gasteiger partial charge in [0.15, 0.2) is 0 Å². The number of hydrogen-bond donors (Lipinski definition) is 0. The van der Waals surface area contributed by atoms with Crippen LogP contribution in [0.5, 0.6) is 0 Å². The molecule has 14 rings (SSSR count). The summed E-state index contributed by atoms with van der Waals surface area (Å²) in [6.45, 7) is 66.1. The second kappa shape index (κ2) is 119. The van der Waals surface area contributed by atoms with Gasteiger partial charge in [-0.25, -0.2) is 0 Å². The van der Waals surface area contributed by atoms with Crippen molar-refractivity contribution in [3.8, 4) is 0 Å². The predicted molar refractivity (Wildman–Crippen MR) is 563 cm³/mol. The topological polar surface area (TPSA) is 0 Å². The van der Waals surface area contributed by atoms with Gasteiger partial charge in [0.1, 0.15) is 0 Å². The molecule has 0 saturated heterocycles. The van der Waals surface area contributed by atoms with Crippen molar-refractivity contribution in [3.63, 3.8) is 0 Å². The van der Waals surface area contributed by atoms with Crippen molar-refractivity contribution in [2.45, 2.75) is 225 Å². The van der Waals surface area contributed by atoms with Gasteiger partial charge in [-0.1, -0.05) is 523 Å². The van der Waals surface area contributed by atoms with Crippen LogP contribution < -0.4 is 0 Å². The molecule has 0 atom stereocenters. The maximum atomic E-state index is 3.01. The van der Waals surface area contributed by atoms with Crippen molar-refractivity contribution in [1.29, 1.82) is 0 Å². The van der Waals surface area contributed by atoms with E-state index in [1.54, 1.807) is 6.07 Å². The van der Waals surface area contributed by atoms with E-state index in [-0.39, 0.29) is 608 Å². The van der Waals surface area contributed by atoms with E-state index in [0.29, 0.717) is 38.4 Å². The largest absolute Gasteiger partial charge is 0.359 e. The molecular weight excluding hydrogens is 2860 g/mol. The second-order valence-electron chi connectivity index (χ2n) is 39.5. The van der Waals surface area contributed by atoms with E-state index in [9.17, 15) is 0 Å². The van der Waals surface area contributed by atoms with E-state index < -0.39 is 0 Å². The molecule has 0 spiro atoms. The molecule has 0 fully saturated rings. The quantitative estimate of drug-likeness (QED) is 0.105. The summed E-state index contributed by atoms with van der Waals surface area (Å²) in [4.78, 5) is 0. The first-order valence-electron chi connectivity index (χ1n) is 39.8. The molecule has 16 heteroatoms. The van der Waals surface area contributed by atoms with Gasteiger partial charge in [-0.3, -0.25) is 17.7 Å². The Kier molecular flexibility index (Phi) is 186. The summed E-state index contributed by atoms with van der Waals surface area (Å²) >= 11 is 0. The molecule has 16 radical (unpaired) electrons. The van der Waals surface area contributed by atoms with Crippen LogP contribution in [-0.2, 0) is 535 Å². The van der Waals surface area contributed by atoms with Gasteiger partial charge < -0.3 is 92.5 Å².